The highest BCUT2D eigenvalue weighted by Crippen LogP contribution is 2.26. The molecule has 2 N–H and O–H groups in total. The monoisotopic (exact) mass is 308 g/mol. The zero-order valence-electron chi connectivity index (χ0n) is 13.1. The van der Waals surface area contributed by atoms with Crippen molar-refractivity contribution in [3.05, 3.63) is 33.2 Å². The highest BCUT2D eigenvalue weighted by molar-refractivity contribution is 5.90. The Hall–Kier alpha value is -2.15. The number of hydrogen-bond donors (Lipinski definition) is 2. The Morgan fingerprint density at radius 3 is 2.59 bits per heavy atom. The molecule has 1 atom stereocenters. The van der Waals surface area contributed by atoms with E-state index in [2.05, 4.69) is 5.32 Å². The maximum Gasteiger partial charge on any atom is 0.337 e. The topological polar surface area (TPSA) is 97.6 Å². The molecule has 120 valence electrons. The highest BCUT2D eigenvalue weighted by Gasteiger charge is 2.35. The minimum Gasteiger partial charge on any atom is -0.478 e. The number of nitrogens with one attached hydrogen (secondary N) is 1. The van der Waals surface area contributed by atoms with Gasteiger partial charge in [-0.2, -0.15) is 0 Å². The van der Waals surface area contributed by atoms with E-state index in [1.807, 2.05) is 0 Å². The number of aryl methyl sites for hydroxylation is 1. The molecule has 7 nitrogen and oxygen atoms in total. The Morgan fingerprint density at radius 1 is 1.41 bits per heavy atom. The molecule has 0 spiro atoms. The number of ether oxygens (including phenoxy) is 1. The van der Waals surface area contributed by atoms with Crippen LogP contribution in [0.1, 0.15) is 48.2 Å². The number of carboxylic acid groups (broad SMARTS) is 1. The van der Waals surface area contributed by atoms with E-state index in [-0.39, 0.29) is 29.8 Å². The third-order valence-electron chi connectivity index (χ3n) is 3.44. The quantitative estimate of drug-likeness (QED) is 0.777. The van der Waals surface area contributed by atoms with E-state index in [4.69, 9.17) is 4.74 Å². The Balaban J connectivity index is 2.57. The lowest BCUT2D eigenvalue weighted by atomic mass is 9.89. The second kappa shape index (κ2) is 5.57. The van der Waals surface area contributed by atoms with Crippen LogP contribution in [-0.4, -0.2) is 33.8 Å². The summed E-state index contributed by atoms with van der Waals surface area (Å²) in [6.45, 7) is 5.72. The first kappa shape index (κ1) is 16.2. The van der Waals surface area contributed by atoms with Crippen molar-refractivity contribution in [1.29, 1.82) is 0 Å². The van der Waals surface area contributed by atoms with Gasteiger partial charge >= 0.3 is 11.9 Å². The Kier molecular flexibility index (Phi) is 4.10. The zero-order valence-corrected chi connectivity index (χ0v) is 13.1. The van der Waals surface area contributed by atoms with E-state index in [9.17, 15) is 19.5 Å². The first-order valence-electron chi connectivity index (χ1n) is 7.01. The summed E-state index contributed by atoms with van der Waals surface area (Å²) >= 11 is 0. The molecule has 1 aliphatic heterocycles. The number of aromatic nitrogens is 1. The maximum atomic E-state index is 12.4. The number of fused-ring (bicyclic) bond motifs is 1. The average Bonchev–Trinajstić information content (AvgIpc) is 2.39. The van der Waals surface area contributed by atoms with Crippen LogP contribution in [0.4, 0.5) is 0 Å². The van der Waals surface area contributed by atoms with Crippen LogP contribution < -0.4 is 10.9 Å². The number of carbonyl (C=O) groups is 2. The molecule has 0 amide bonds. The molecular weight excluding hydrogens is 288 g/mol. The van der Waals surface area contributed by atoms with Gasteiger partial charge in [0.25, 0.3) is 5.56 Å². The van der Waals surface area contributed by atoms with Crippen LogP contribution in [-0.2, 0) is 23.1 Å². The number of nitrogens with zero attached hydrogens (tertiary/aromatic N) is 1. The van der Waals surface area contributed by atoms with Gasteiger partial charge in [0.05, 0.1) is 5.56 Å². The molecule has 0 radical (unpaired) electrons. The Bertz CT molecular complexity index is 684. The molecule has 2 heterocycles. The van der Waals surface area contributed by atoms with Gasteiger partial charge in [0.1, 0.15) is 11.5 Å². The molecular formula is C15H20N2O5. The second-order valence-corrected chi connectivity index (χ2v) is 6.37. The van der Waals surface area contributed by atoms with Gasteiger partial charge in [-0.15, -0.1) is 0 Å². The smallest absolute Gasteiger partial charge is 0.337 e. The fourth-order valence-electron chi connectivity index (χ4n) is 2.55. The van der Waals surface area contributed by atoms with E-state index in [1.54, 1.807) is 20.8 Å². The molecule has 1 aromatic heterocycles. The molecule has 0 aromatic carbocycles. The van der Waals surface area contributed by atoms with Gasteiger partial charge < -0.3 is 19.7 Å². The number of aromatic carboxylic acids is 1. The van der Waals surface area contributed by atoms with E-state index < -0.39 is 23.5 Å². The summed E-state index contributed by atoms with van der Waals surface area (Å²) in [5, 5.41) is 12.3. The summed E-state index contributed by atoms with van der Waals surface area (Å²) in [6.07, 6.45) is 1.28. The van der Waals surface area contributed by atoms with E-state index in [0.29, 0.717) is 5.56 Å². The molecule has 0 bridgehead atoms. The molecule has 1 aliphatic rings. The number of pyridine rings is 1. The molecule has 0 aliphatic carbocycles. The normalized spacial score (nSPS) is 17.7. The molecule has 0 saturated carbocycles. The van der Waals surface area contributed by atoms with Crippen LogP contribution in [0.25, 0.3) is 0 Å². The van der Waals surface area contributed by atoms with Crippen molar-refractivity contribution < 1.29 is 19.4 Å². The molecule has 0 fully saturated rings. The van der Waals surface area contributed by atoms with Gasteiger partial charge in [0.2, 0.25) is 0 Å². The van der Waals surface area contributed by atoms with Crippen molar-refractivity contribution in [2.45, 2.75) is 38.8 Å². The summed E-state index contributed by atoms with van der Waals surface area (Å²) in [5.74, 6) is -2.46. The van der Waals surface area contributed by atoms with Gasteiger partial charge in [0, 0.05) is 31.9 Å². The number of rotatable bonds is 2. The minimum absolute atomic E-state index is 0.0258. The summed E-state index contributed by atoms with van der Waals surface area (Å²) in [6, 6.07) is 0. The lowest BCUT2D eigenvalue weighted by molar-refractivity contribution is -0.156. The number of esters is 1. The summed E-state index contributed by atoms with van der Waals surface area (Å²) in [7, 11) is 1.48. The third kappa shape index (κ3) is 3.04. The number of carboxylic acids is 1. The maximum absolute atomic E-state index is 12.4. The summed E-state index contributed by atoms with van der Waals surface area (Å²) < 4.78 is 6.55. The second-order valence-electron chi connectivity index (χ2n) is 6.37. The van der Waals surface area contributed by atoms with Crippen LogP contribution in [0.15, 0.2) is 11.0 Å². The van der Waals surface area contributed by atoms with Gasteiger partial charge in [-0.3, -0.25) is 9.59 Å². The van der Waals surface area contributed by atoms with Crippen molar-refractivity contribution in [2.75, 3.05) is 6.54 Å². The number of hydrogen-bond acceptors (Lipinski definition) is 5. The van der Waals surface area contributed by atoms with E-state index in [0.717, 1.165) is 0 Å². The summed E-state index contributed by atoms with van der Waals surface area (Å²) in [5.41, 5.74) is -0.437. The molecule has 0 saturated heterocycles. The first-order valence-corrected chi connectivity index (χ1v) is 7.01. The van der Waals surface area contributed by atoms with Crippen LogP contribution in [0.5, 0.6) is 0 Å². The fraction of sp³-hybridized carbons (Fsp3) is 0.533. The van der Waals surface area contributed by atoms with Crippen LogP contribution in [0.3, 0.4) is 0 Å². The Labute approximate surface area is 127 Å². The molecule has 1 aromatic rings. The van der Waals surface area contributed by atoms with Crippen LogP contribution in [0.2, 0.25) is 0 Å². The van der Waals surface area contributed by atoms with Crippen molar-refractivity contribution in [2.24, 2.45) is 7.05 Å². The fourth-order valence-corrected chi connectivity index (χ4v) is 2.55. The lowest BCUT2D eigenvalue weighted by Gasteiger charge is -2.29. The predicted molar refractivity (Wildman–Crippen MR) is 78.9 cm³/mol. The number of carbonyl (C=O) groups excluding carboxylic acids is 1. The largest absolute Gasteiger partial charge is 0.478 e. The SMILES string of the molecule is Cn1cc(C(=O)O)c2c(c1=O)C(C(=O)OC(C)(C)C)CNC2. The van der Waals surface area contributed by atoms with Gasteiger partial charge in [-0.25, -0.2) is 4.79 Å². The predicted octanol–water partition coefficient (Wildman–Crippen LogP) is 0.612. The molecule has 1 unspecified atom stereocenters. The third-order valence-corrected chi connectivity index (χ3v) is 3.44. The lowest BCUT2D eigenvalue weighted by Crippen LogP contribution is -2.42. The van der Waals surface area contributed by atoms with E-state index in [1.165, 1.54) is 17.8 Å². The average molecular weight is 308 g/mol. The van der Waals surface area contributed by atoms with Crippen molar-refractivity contribution >= 4 is 11.9 Å². The van der Waals surface area contributed by atoms with Gasteiger partial charge in [-0.1, -0.05) is 0 Å². The van der Waals surface area contributed by atoms with Gasteiger partial charge in [0.15, 0.2) is 0 Å². The molecule has 2 rings (SSSR count). The van der Waals surface area contributed by atoms with Crippen LogP contribution >= 0.6 is 0 Å². The standard InChI is InChI=1S/C15H20N2O5/c1-15(2,3)22-14(21)9-6-16-5-8-10(13(19)20)7-17(4)12(18)11(8)9/h7,9,16H,5-6H2,1-4H3,(H,19,20). The minimum atomic E-state index is -1.13. The van der Waals surface area contributed by atoms with Gasteiger partial charge in [-0.05, 0) is 26.3 Å². The zero-order chi connectivity index (χ0) is 16.7. The van der Waals surface area contributed by atoms with Crippen molar-refractivity contribution in [3.63, 3.8) is 0 Å². The summed E-state index contributed by atoms with van der Waals surface area (Å²) in [4.78, 5) is 36.1. The van der Waals surface area contributed by atoms with E-state index >= 15 is 0 Å². The molecule has 22 heavy (non-hydrogen) atoms. The van der Waals surface area contributed by atoms with Crippen molar-refractivity contribution in [3.8, 4) is 0 Å². The highest BCUT2D eigenvalue weighted by atomic mass is 16.6. The first-order chi connectivity index (χ1) is 10.1. The molecule has 7 heteroatoms. The Morgan fingerprint density at radius 2 is 2.05 bits per heavy atom. The van der Waals surface area contributed by atoms with Crippen LogP contribution in [0, 0.1) is 0 Å². The van der Waals surface area contributed by atoms with Crippen molar-refractivity contribution in [1.82, 2.24) is 9.88 Å².